The van der Waals surface area contributed by atoms with Crippen molar-refractivity contribution in [3.8, 4) is 6.07 Å². The van der Waals surface area contributed by atoms with E-state index in [9.17, 15) is 14.4 Å². The number of fused-ring (bicyclic) bond motifs is 2. The minimum Gasteiger partial charge on any atom is -0.380 e. The molecule has 5 rings (SSSR count). The van der Waals surface area contributed by atoms with Crippen molar-refractivity contribution in [2.45, 2.75) is 56.3 Å². The molecule has 7 nitrogen and oxygen atoms in total. The third-order valence-electron chi connectivity index (χ3n) is 7.68. The zero-order valence-electron chi connectivity index (χ0n) is 18.4. The number of carbonyl (C=O) groups is 1. The number of anilines is 1. The van der Waals surface area contributed by atoms with Gasteiger partial charge in [-0.05, 0) is 49.3 Å². The first-order valence-electron chi connectivity index (χ1n) is 11.9. The molecule has 2 bridgehead atoms. The second-order valence-corrected chi connectivity index (χ2v) is 9.62. The molecule has 1 saturated carbocycles. The van der Waals surface area contributed by atoms with Crippen molar-refractivity contribution in [1.82, 2.24) is 15.5 Å². The van der Waals surface area contributed by atoms with Crippen molar-refractivity contribution in [3.63, 3.8) is 0 Å². The number of carbonyl (C=O) groups excluding carboxylic acids is 1. The number of benzene rings is 1. The van der Waals surface area contributed by atoms with Crippen LogP contribution in [0.4, 0.5) is 10.1 Å². The Morgan fingerprint density at radius 1 is 1.28 bits per heavy atom. The van der Waals surface area contributed by atoms with E-state index in [0.717, 1.165) is 70.8 Å². The van der Waals surface area contributed by atoms with Crippen LogP contribution >= 0.6 is 0 Å². The van der Waals surface area contributed by atoms with E-state index >= 15 is 0 Å². The largest absolute Gasteiger partial charge is 0.380 e. The quantitative estimate of drug-likeness (QED) is 0.695. The molecular weight excluding hydrogens is 409 g/mol. The van der Waals surface area contributed by atoms with E-state index in [2.05, 4.69) is 26.5 Å². The number of ether oxygens (including phenoxy) is 1. The molecule has 3 saturated heterocycles. The molecule has 1 aromatic rings. The third kappa shape index (κ3) is 4.47. The minimum absolute atomic E-state index is 0.133. The molecule has 1 aliphatic carbocycles. The average Bonchev–Trinajstić information content (AvgIpc) is 3.58. The zero-order chi connectivity index (χ0) is 22.1. The number of piperazine rings is 1. The predicted octanol–water partition coefficient (Wildman–Crippen LogP) is 1.43. The number of nitrogens with zero attached hydrogens (tertiary/aromatic N) is 3. The second kappa shape index (κ2) is 9.34. The lowest BCUT2D eigenvalue weighted by atomic mass is 9.98. The number of halogens is 1. The fraction of sp³-hybridized carbons (Fsp3) is 0.667. The summed E-state index contributed by atoms with van der Waals surface area (Å²) in [5.41, 5.74) is 1.33. The van der Waals surface area contributed by atoms with Gasteiger partial charge in [0.1, 0.15) is 11.9 Å². The maximum Gasteiger partial charge on any atom is 0.238 e. The summed E-state index contributed by atoms with van der Waals surface area (Å²) in [7, 11) is 0. The number of hydrogen-bond donors (Lipinski definition) is 2. The Morgan fingerprint density at radius 2 is 2.12 bits per heavy atom. The highest BCUT2D eigenvalue weighted by Crippen LogP contribution is 2.35. The predicted molar refractivity (Wildman–Crippen MR) is 119 cm³/mol. The summed E-state index contributed by atoms with van der Waals surface area (Å²) in [5.74, 6) is -0.0926. The van der Waals surface area contributed by atoms with Gasteiger partial charge >= 0.3 is 0 Å². The topological polar surface area (TPSA) is 80.6 Å². The van der Waals surface area contributed by atoms with Gasteiger partial charge < -0.3 is 20.3 Å². The summed E-state index contributed by atoms with van der Waals surface area (Å²) in [4.78, 5) is 17.3. The van der Waals surface area contributed by atoms with E-state index in [4.69, 9.17) is 4.74 Å². The summed E-state index contributed by atoms with van der Waals surface area (Å²) in [6.45, 7) is 5.30. The van der Waals surface area contributed by atoms with E-state index in [1.807, 2.05) is 6.07 Å². The van der Waals surface area contributed by atoms with Crippen LogP contribution in [0.3, 0.4) is 0 Å². The first-order chi connectivity index (χ1) is 15.6. The number of piperidine rings is 1. The van der Waals surface area contributed by atoms with Crippen LogP contribution in [0.2, 0.25) is 0 Å². The van der Waals surface area contributed by atoms with Gasteiger partial charge in [0.05, 0.1) is 18.7 Å². The summed E-state index contributed by atoms with van der Waals surface area (Å²) in [5, 5.41) is 15.7. The van der Waals surface area contributed by atoms with Gasteiger partial charge in [0.2, 0.25) is 5.91 Å². The van der Waals surface area contributed by atoms with Crippen molar-refractivity contribution in [2.75, 3.05) is 44.3 Å². The third-order valence-corrected chi connectivity index (χ3v) is 7.68. The van der Waals surface area contributed by atoms with E-state index < -0.39 is 6.04 Å². The molecule has 3 heterocycles. The smallest absolute Gasteiger partial charge is 0.238 e. The van der Waals surface area contributed by atoms with Gasteiger partial charge in [-0.2, -0.15) is 5.26 Å². The Hall–Kier alpha value is -2.21. The van der Waals surface area contributed by atoms with Crippen LogP contribution in [0.25, 0.3) is 0 Å². The molecule has 0 aromatic heterocycles. The molecule has 4 fully saturated rings. The van der Waals surface area contributed by atoms with Crippen molar-refractivity contribution >= 4 is 11.6 Å². The SMILES string of the molecule is N#C[C@H](Cc1ccc(N2CCN(C3CCOC3)CC2)cc1F)NC(=O)C1NC2CCC1C2. The number of rotatable bonds is 6. The summed E-state index contributed by atoms with van der Waals surface area (Å²) < 4.78 is 20.4. The molecule has 4 unspecified atom stereocenters. The van der Waals surface area contributed by atoms with Crippen LogP contribution in [-0.4, -0.2) is 74.4 Å². The number of amides is 1. The molecule has 2 N–H and O–H groups in total. The Labute approximate surface area is 188 Å². The maximum atomic E-state index is 14.9. The van der Waals surface area contributed by atoms with E-state index in [1.54, 1.807) is 12.1 Å². The van der Waals surface area contributed by atoms with Crippen molar-refractivity contribution in [1.29, 1.82) is 5.26 Å². The van der Waals surface area contributed by atoms with Gasteiger partial charge in [0.15, 0.2) is 0 Å². The Balaban J connectivity index is 1.16. The lowest BCUT2D eigenvalue weighted by Gasteiger charge is -2.38. The highest BCUT2D eigenvalue weighted by molar-refractivity contribution is 5.83. The van der Waals surface area contributed by atoms with Crippen LogP contribution in [0, 0.1) is 23.1 Å². The minimum atomic E-state index is -0.735. The van der Waals surface area contributed by atoms with Gasteiger partial charge in [0, 0.05) is 57.0 Å². The van der Waals surface area contributed by atoms with Crippen molar-refractivity contribution < 1.29 is 13.9 Å². The monoisotopic (exact) mass is 441 g/mol. The van der Waals surface area contributed by atoms with Crippen LogP contribution in [0.15, 0.2) is 18.2 Å². The molecule has 0 spiro atoms. The first kappa shape index (κ1) is 21.6. The molecule has 0 radical (unpaired) electrons. The second-order valence-electron chi connectivity index (χ2n) is 9.62. The van der Waals surface area contributed by atoms with Gasteiger partial charge in [-0.25, -0.2) is 4.39 Å². The molecule has 4 aliphatic rings. The molecule has 1 aromatic carbocycles. The van der Waals surface area contributed by atoms with Crippen LogP contribution < -0.4 is 15.5 Å². The lowest BCUT2D eigenvalue weighted by molar-refractivity contribution is -0.124. The molecular formula is C24H32FN5O2. The molecule has 1 amide bonds. The molecule has 172 valence electrons. The summed E-state index contributed by atoms with van der Waals surface area (Å²) in [6.07, 6.45) is 4.49. The van der Waals surface area contributed by atoms with E-state index in [1.165, 1.54) is 0 Å². The Bertz CT molecular complexity index is 876. The zero-order valence-corrected chi connectivity index (χ0v) is 18.4. The molecule has 8 heteroatoms. The normalized spacial score (nSPS) is 30.9. The number of nitriles is 1. The van der Waals surface area contributed by atoms with Crippen molar-refractivity contribution in [2.24, 2.45) is 5.92 Å². The first-order valence-corrected chi connectivity index (χ1v) is 11.9. The van der Waals surface area contributed by atoms with E-state index in [0.29, 0.717) is 23.6 Å². The number of nitrogens with one attached hydrogen (secondary N) is 2. The average molecular weight is 442 g/mol. The van der Waals surface area contributed by atoms with Gasteiger partial charge in [-0.15, -0.1) is 0 Å². The molecule has 5 atom stereocenters. The standard InChI is InChI=1S/C24H32FN5O2/c25-22-13-20(29-6-8-30(9-7-29)21-5-10-32-15-21)4-2-16(22)11-19(14-26)28-24(31)23-17-1-3-18(12-17)27-23/h2,4,13,17-19,21,23,27H,1,3,5-12,15H2,(H,28,31)/t17?,18?,19-,21?,23?/m0/s1. The maximum absolute atomic E-state index is 14.9. The fourth-order valence-corrected chi connectivity index (χ4v) is 5.81. The van der Waals surface area contributed by atoms with Crippen LogP contribution in [-0.2, 0) is 16.0 Å². The van der Waals surface area contributed by atoms with Gasteiger partial charge in [-0.3, -0.25) is 9.69 Å². The van der Waals surface area contributed by atoms with Gasteiger partial charge in [-0.1, -0.05) is 6.07 Å². The van der Waals surface area contributed by atoms with Crippen molar-refractivity contribution in [3.05, 3.63) is 29.6 Å². The summed E-state index contributed by atoms with van der Waals surface area (Å²) in [6, 6.07) is 7.38. The van der Waals surface area contributed by atoms with Crippen LogP contribution in [0.5, 0.6) is 0 Å². The van der Waals surface area contributed by atoms with Gasteiger partial charge in [0.25, 0.3) is 0 Å². The fourth-order valence-electron chi connectivity index (χ4n) is 5.81. The Kier molecular flexibility index (Phi) is 6.31. The summed E-state index contributed by atoms with van der Waals surface area (Å²) >= 11 is 0. The highest BCUT2D eigenvalue weighted by Gasteiger charge is 2.43. The number of hydrogen-bond acceptors (Lipinski definition) is 6. The van der Waals surface area contributed by atoms with E-state index in [-0.39, 0.29) is 24.2 Å². The Morgan fingerprint density at radius 3 is 2.75 bits per heavy atom. The highest BCUT2D eigenvalue weighted by atomic mass is 19.1. The van der Waals surface area contributed by atoms with Crippen LogP contribution in [0.1, 0.15) is 31.2 Å². The lowest BCUT2D eigenvalue weighted by Crippen LogP contribution is -2.50. The molecule has 3 aliphatic heterocycles. The molecule has 32 heavy (non-hydrogen) atoms.